The second kappa shape index (κ2) is 17.5. The summed E-state index contributed by atoms with van der Waals surface area (Å²) in [5.74, 6) is -2.21. The quantitative estimate of drug-likeness (QED) is 0.300. The molecule has 1 aliphatic rings. The minimum atomic E-state index is -4.48. The molecule has 0 fully saturated rings. The van der Waals surface area contributed by atoms with E-state index < -0.39 is 42.8 Å². The number of halogens is 3. The number of fused-ring (bicyclic) bond motifs is 1. The van der Waals surface area contributed by atoms with Gasteiger partial charge in [0.25, 0.3) is 5.91 Å². The fraction of sp³-hybridized carbons (Fsp3) is 0.559. The molecule has 4 atom stereocenters. The first-order valence-electron chi connectivity index (χ1n) is 15.9. The first-order chi connectivity index (χ1) is 22.2. The van der Waals surface area contributed by atoms with Crippen molar-refractivity contribution >= 4 is 23.5 Å². The van der Waals surface area contributed by atoms with Gasteiger partial charge in [0, 0.05) is 44.3 Å². The SMILES string of the molecule is C[C@@H]1CN([C@H](C)CO)C(=O)c2cc(NC(=O)CCC(F)(F)F)ccc2O[C@@H](C)CCCCO[C@H]1CN(C)Cc1ccc(C(=O)O)cc1. The molecule has 13 heteroatoms. The number of rotatable bonds is 10. The van der Waals surface area contributed by atoms with Gasteiger partial charge in [0.1, 0.15) is 5.75 Å². The average molecular weight is 666 g/mol. The number of hydrogen-bond donors (Lipinski definition) is 3. The lowest BCUT2D eigenvalue weighted by atomic mass is 10.0. The highest BCUT2D eigenvalue weighted by molar-refractivity contribution is 5.99. The molecule has 10 nitrogen and oxygen atoms in total. The molecule has 0 radical (unpaired) electrons. The van der Waals surface area contributed by atoms with Crippen LogP contribution in [0.5, 0.6) is 5.75 Å². The van der Waals surface area contributed by atoms with Crippen molar-refractivity contribution in [3.63, 3.8) is 0 Å². The number of carboxylic acids is 1. The molecule has 0 aliphatic carbocycles. The molecule has 2 aromatic carbocycles. The van der Waals surface area contributed by atoms with Crippen LogP contribution >= 0.6 is 0 Å². The summed E-state index contributed by atoms with van der Waals surface area (Å²) in [7, 11) is 1.94. The van der Waals surface area contributed by atoms with Crippen molar-refractivity contribution in [2.75, 3.05) is 38.7 Å². The van der Waals surface area contributed by atoms with Gasteiger partial charge in [-0.1, -0.05) is 19.1 Å². The summed E-state index contributed by atoms with van der Waals surface area (Å²) < 4.78 is 50.5. The first kappa shape index (κ1) is 37.8. The van der Waals surface area contributed by atoms with Gasteiger partial charge in [-0.3, -0.25) is 14.5 Å². The monoisotopic (exact) mass is 665 g/mol. The third-order valence-corrected chi connectivity index (χ3v) is 8.12. The zero-order valence-corrected chi connectivity index (χ0v) is 27.4. The Hall–Kier alpha value is -3.68. The predicted molar refractivity (Wildman–Crippen MR) is 171 cm³/mol. The second-order valence-electron chi connectivity index (χ2n) is 12.4. The molecule has 0 saturated carbocycles. The topological polar surface area (TPSA) is 129 Å². The maximum Gasteiger partial charge on any atom is 0.389 e. The Morgan fingerprint density at radius 2 is 1.83 bits per heavy atom. The van der Waals surface area contributed by atoms with Crippen LogP contribution in [0.2, 0.25) is 0 Å². The van der Waals surface area contributed by atoms with Crippen molar-refractivity contribution in [3.8, 4) is 5.75 Å². The maximum absolute atomic E-state index is 14.2. The number of nitrogens with zero attached hydrogens (tertiary/aromatic N) is 2. The molecule has 3 rings (SSSR count). The van der Waals surface area contributed by atoms with E-state index in [4.69, 9.17) is 9.47 Å². The number of aliphatic hydroxyl groups is 1. The molecule has 0 spiro atoms. The van der Waals surface area contributed by atoms with E-state index in [0.717, 1.165) is 18.4 Å². The molecule has 47 heavy (non-hydrogen) atoms. The fourth-order valence-electron chi connectivity index (χ4n) is 5.38. The highest BCUT2D eigenvalue weighted by atomic mass is 19.4. The minimum Gasteiger partial charge on any atom is -0.490 e. The van der Waals surface area contributed by atoms with E-state index in [1.54, 1.807) is 31.2 Å². The Bertz CT molecular complexity index is 1340. The lowest BCUT2D eigenvalue weighted by molar-refractivity contribution is -0.142. The molecule has 1 heterocycles. The van der Waals surface area contributed by atoms with E-state index in [1.165, 1.54) is 23.1 Å². The van der Waals surface area contributed by atoms with E-state index >= 15 is 0 Å². The van der Waals surface area contributed by atoms with E-state index in [-0.39, 0.29) is 53.8 Å². The Kier molecular flexibility index (Phi) is 14.0. The number of carbonyl (C=O) groups is 3. The van der Waals surface area contributed by atoms with E-state index in [9.17, 15) is 37.8 Å². The Labute approximate surface area is 273 Å². The molecule has 0 unspecified atom stereocenters. The third-order valence-electron chi connectivity index (χ3n) is 8.12. The third kappa shape index (κ3) is 12.1. The van der Waals surface area contributed by atoms with Gasteiger partial charge in [0.15, 0.2) is 0 Å². The largest absolute Gasteiger partial charge is 0.490 e. The summed E-state index contributed by atoms with van der Waals surface area (Å²) in [4.78, 5) is 41.3. The van der Waals surface area contributed by atoms with Crippen LogP contribution < -0.4 is 10.1 Å². The maximum atomic E-state index is 14.2. The number of nitrogens with one attached hydrogen (secondary N) is 1. The van der Waals surface area contributed by atoms with Gasteiger partial charge in [-0.15, -0.1) is 0 Å². The van der Waals surface area contributed by atoms with E-state index in [0.29, 0.717) is 26.1 Å². The summed E-state index contributed by atoms with van der Waals surface area (Å²) in [5, 5.41) is 21.8. The number of carbonyl (C=O) groups excluding carboxylic acids is 2. The number of amides is 2. The zero-order valence-electron chi connectivity index (χ0n) is 27.4. The number of likely N-dealkylation sites (N-methyl/N-ethyl adjacent to an activating group) is 1. The van der Waals surface area contributed by atoms with Crippen LogP contribution in [0.3, 0.4) is 0 Å². The highest BCUT2D eigenvalue weighted by Crippen LogP contribution is 2.29. The van der Waals surface area contributed by atoms with Gasteiger partial charge in [-0.2, -0.15) is 13.2 Å². The number of aliphatic hydroxyl groups excluding tert-OH is 1. The highest BCUT2D eigenvalue weighted by Gasteiger charge is 2.31. The second-order valence-corrected chi connectivity index (χ2v) is 12.4. The summed E-state index contributed by atoms with van der Waals surface area (Å²) in [5.41, 5.74) is 1.42. The average Bonchev–Trinajstić information content (AvgIpc) is 3.01. The predicted octanol–water partition coefficient (Wildman–Crippen LogP) is 5.59. The molecule has 0 bridgehead atoms. The van der Waals surface area contributed by atoms with Gasteiger partial charge in [-0.05, 0) is 76.1 Å². The lowest BCUT2D eigenvalue weighted by Crippen LogP contribution is -2.47. The van der Waals surface area contributed by atoms with Crippen molar-refractivity contribution in [1.29, 1.82) is 0 Å². The molecule has 260 valence electrons. The van der Waals surface area contributed by atoms with Crippen molar-refractivity contribution in [3.05, 3.63) is 59.2 Å². The van der Waals surface area contributed by atoms with Crippen LogP contribution in [-0.4, -0.2) is 95.6 Å². The Morgan fingerprint density at radius 1 is 1.13 bits per heavy atom. The molecule has 2 aromatic rings. The first-order valence-corrected chi connectivity index (χ1v) is 15.9. The fourth-order valence-corrected chi connectivity index (χ4v) is 5.38. The van der Waals surface area contributed by atoms with E-state index in [1.807, 2.05) is 20.9 Å². The van der Waals surface area contributed by atoms with Gasteiger partial charge in [0.2, 0.25) is 5.91 Å². The number of hydrogen-bond acceptors (Lipinski definition) is 7. The minimum absolute atomic E-state index is 0.120. The van der Waals surface area contributed by atoms with Crippen molar-refractivity contribution in [1.82, 2.24) is 9.80 Å². The van der Waals surface area contributed by atoms with Crippen LogP contribution in [0.4, 0.5) is 18.9 Å². The van der Waals surface area contributed by atoms with Crippen molar-refractivity contribution in [2.24, 2.45) is 5.92 Å². The normalized spacial score (nSPS) is 20.6. The molecular formula is C34H46F3N3O7. The molecular weight excluding hydrogens is 619 g/mol. The van der Waals surface area contributed by atoms with E-state index in [2.05, 4.69) is 10.2 Å². The van der Waals surface area contributed by atoms with Crippen LogP contribution in [-0.2, 0) is 16.1 Å². The molecule has 0 aromatic heterocycles. The smallest absolute Gasteiger partial charge is 0.389 e. The molecule has 3 N–H and O–H groups in total. The van der Waals surface area contributed by atoms with Gasteiger partial charge < -0.3 is 29.9 Å². The summed E-state index contributed by atoms with van der Waals surface area (Å²) in [6.45, 7) is 7.00. The number of benzene rings is 2. The van der Waals surface area contributed by atoms with Crippen molar-refractivity contribution in [2.45, 2.75) is 83.8 Å². The summed E-state index contributed by atoms with van der Waals surface area (Å²) >= 11 is 0. The van der Waals surface area contributed by atoms with Gasteiger partial charge in [-0.25, -0.2) is 4.79 Å². The van der Waals surface area contributed by atoms with Crippen LogP contribution in [0.1, 0.15) is 79.2 Å². The Balaban J connectivity index is 1.87. The number of alkyl halides is 3. The zero-order chi connectivity index (χ0) is 34.7. The summed E-state index contributed by atoms with van der Waals surface area (Å²) in [6.07, 6.45) is -4.80. The molecule has 1 aliphatic heterocycles. The van der Waals surface area contributed by atoms with Gasteiger partial charge in [0.05, 0.1) is 42.4 Å². The molecule has 2 amide bonds. The molecule has 0 saturated heterocycles. The number of carboxylic acid groups (broad SMARTS) is 1. The number of aromatic carboxylic acids is 1. The van der Waals surface area contributed by atoms with Gasteiger partial charge >= 0.3 is 12.1 Å². The standard InChI is InChI=1S/C34H46F3N3O7/c1-22-18-40(23(2)21-41)32(43)28-17-27(38-31(42)14-15-34(35,36)37)12-13-29(28)47-24(3)7-5-6-16-46-30(22)20-39(4)19-25-8-10-26(11-9-25)33(44)45/h8-13,17,22-24,30,41H,5-7,14-16,18-21H2,1-4H3,(H,38,42)(H,44,45)/t22-,23-,24+,30+/m1/s1. The lowest BCUT2D eigenvalue weighted by Gasteiger charge is -2.36. The number of anilines is 1. The van der Waals surface area contributed by atoms with Crippen LogP contribution in [0.25, 0.3) is 0 Å². The summed E-state index contributed by atoms with van der Waals surface area (Å²) in [6, 6.07) is 10.5. The Morgan fingerprint density at radius 3 is 2.47 bits per heavy atom. The van der Waals surface area contributed by atoms with Crippen molar-refractivity contribution < 1.29 is 47.2 Å². The van der Waals surface area contributed by atoms with Crippen LogP contribution in [0.15, 0.2) is 42.5 Å². The number of ether oxygens (including phenoxy) is 2. The van der Waals surface area contributed by atoms with Crippen LogP contribution in [0, 0.1) is 5.92 Å².